The molecule has 174 valence electrons. The summed E-state index contributed by atoms with van der Waals surface area (Å²) >= 11 is 0. The van der Waals surface area contributed by atoms with Crippen molar-refractivity contribution in [3.63, 3.8) is 0 Å². The number of fused-ring (bicyclic) bond motifs is 1. The molecule has 0 spiro atoms. The minimum atomic E-state index is -0.350. The topological polar surface area (TPSA) is 65.5 Å². The minimum absolute atomic E-state index is 0.00957. The zero-order chi connectivity index (χ0) is 22.6. The average Bonchev–Trinajstić information content (AvgIpc) is 3.26. The van der Waals surface area contributed by atoms with Gasteiger partial charge in [-0.1, -0.05) is 37.1 Å². The van der Waals surface area contributed by atoms with E-state index in [-0.39, 0.29) is 29.9 Å². The predicted molar refractivity (Wildman–Crippen MR) is 127 cm³/mol. The Morgan fingerprint density at radius 3 is 2.45 bits per heavy atom. The second-order valence-corrected chi connectivity index (χ2v) is 9.82. The van der Waals surface area contributed by atoms with Crippen LogP contribution in [0.1, 0.15) is 61.0 Å². The molecule has 0 bridgehead atoms. The number of hydrogen-bond donors (Lipinski definition) is 1. The number of carbonyl (C=O) groups is 2. The van der Waals surface area contributed by atoms with Crippen LogP contribution in [-0.2, 0) is 11.3 Å². The van der Waals surface area contributed by atoms with Gasteiger partial charge in [-0.2, -0.15) is 0 Å². The molecule has 2 aliphatic heterocycles. The Morgan fingerprint density at radius 1 is 0.939 bits per heavy atom. The number of nitrogens with one attached hydrogen (secondary N) is 1. The van der Waals surface area contributed by atoms with Gasteiger partial charge in [-0.3, -0.25) is 19.5 Å². The third-order valence-corrected chi connectivity index (χ3v) is 7.69. The molecule has 2 amide bonds. The number of benzene rings is 1. The van der Waals surface area contributed by atoms with Crippen LogP contribution in [0.2, 0.25) is 0 Å². The summed E-state index contributed by atoms with van der Waals surface area (Å²) in [5.74, 6) is 0.495. The Bertz CT molecular complexity index is 943. The van der Waals surface area contributed by atoms with E-state index in [0.717, 1.165) is 63.9 Å². The lowest BCUT2D eigenvalue weighted by Gasteiger charge is -2.35. The van der Waals surface area contributed by atoms with Crippen LogP contribution < -0.4 is 5.32 Å². The minimum Gasteiger partial charge on any atom is -0.351 e. The van der Waals surface area contributed by atoms with Crippen LogP contribution in [-0.4, -0.2) is 57.8 Å². The largest absolute Gasteiger partial charge is 0.351 e. The number of carbonyl (C=O) groups excluding carboxylic acids is 2. The van der Waals surface area contributed by atoms with Gasteiger partial charge < -0.3 is 10.2 Å². The van der Waals surface area contributed by atoms with Crippen LogP contribution in [0, 0.1) is 5.92 Å². The molecule has 6 nitrogen and oxygen atoms in total. The number of nitrogens with zero attached hydrogens (tertiary/aromatic N) is 3. The molecule has 1 N–H and O–H groups in total. The van der Waals surface area contributed by atoms with Crippen molar-refractivity contribution < 1.29 is 9.59 Å². The zero-order valence-electron chi connectivity index (χ0n) is 19.2. The molecule has 1 aromatic heterocycles. The van der Waals surface area contributed by atoms with Crippen LogP contribution in [0.3, 0.4) is 0 Å². The van der Waals surface area contributed by atoms with E-state index in [9.17, 15) is 9.59 Å². The number of likely N-dealkylation sites (tertiary alicyclic amines) is 2. The molecule has 3 unspecified atom stereocenters. The Balaban J connectivity index is 1.22. The number of piperidine rings is 1. The van der Waals surface area contributed by atoms with Crippen LogP contribution in [0.4, 0.5) is 0 Å². The van der Waals surface area contributed by atoms with E-state index in [4.69, 9.17) is 0 Å². The summed E-state index contributed by atoms with van der Waals surface area (Å²) < 4.78 is 0. The SMILES string of the molecule is O=C(NC1CCN(Cc2ccccn2)CC1)C1CC2CCCCC2N1C(=O)c1ccccc1. The fourth-order valence-corrected chi connectivity index (χ4v) is 5.97. The standard InChI is InChI=1S/C27H34N4O2/c32-26(29-22-13-16-30(17-14-22)19-23-11-6-7-15-28-23)25-18-21-10-4-5-12-24(21)31(25)27(33)20-8-2-1-3-9-20/h1-3,6-9,11,15,21-22,24-25H,4-5,10,12-14,16-19H2,(H,29,32). The molecule has 3 aliphatic rings. The van der Waals surface area contributed by atoms with Crippen molar-refractivity contribution in [2.24, 2.45) is 5.92 Å². The summed E-state index contributed by atoms with van der Waals surface area (Å²) in [5, 5.41) is 3.32. The highest BCUT2D eigenvalue weighted by Gasteiger charge is 2.47. The van der Waals surface area contributed by atoms with Crippen molar-refractivity contribution in [3.05, 3.63) is 66.0 Å². The van der Waals surface area contributed by atoms with E-state index in [1.54, 1.807) is 0 Å². The highest BCUT2D eigenvalue weighted by molar-refractivity contribution is 5.98. The Kier molecular flexibility index (Phi) is 6.72. The monoisotopic (exact) mass is 446 g/mol. The van der Waals surface area contributed by atoms with Gasteiger partial charge in [-0.15, -0.1) is 0 Å². The molecule has 1 saturated carbocycles. The summed E-state index contributed by atoms with van der Waals surface area (Å²) in [6.07, 6.45) is 8.99. The molecule has 1 aliphatic carbocycles. The van der Waals surface area contributed by atoms with Crippen molar-refractivity contribution in [1.82, 2.24) is 20.1 Å². The molecular formula is C27H34N4O2. The lowest BCUT2D eigenvalue weighted by atomic mass is 9.84. The fraction of sp³-hybridized carbons (Fsp3) is 0.519. The van der Waals surface area contributed by atoms with Crippen molar-refractivity contribution >= 4 is 11.8 Å². The smallest absolute Gasteiger partial charge is 0.254 e. The van der Waals surface area contributed by atoms with Gasteiger partial charge in [0.2, 0.25) is 5.91 Å². The van der Waals surface area contributed by atoms with Crippen molar-refractivity contribution in [2.75, 3.05) is 13.1 Å². The van der Waals surface area contributed by atoms with Crippen molar-refractivity contribution in [2.45, 2.75) is 69.6 Å². The summed E-state index contributed by atoms with van der Waals surface area (Å²) in [5.41, 5.74) is 1.77. The van der Waals surface area contributed by atoms with E-state index in [2.05, 4.69) is 21.3 Å². The third kappa shape index (κ3) is 4.96. The normalized spacial score (nSPS) is 26.1. The van der Waals surface area contributed by atoms with Crippen LogP contribution in [0.15, 0.2) is 54.7 Å². The maximum Gasteiger partial charge on any atom is 0.254 e. The van der Waals surface area contributed by atoms with Crippen molar-refractivity contribution in [3.8, 4) is 0 Å². The van der Waals surface area contributed by atoms with Gasteiger partial charge in [0.15, 0.2) is 0 Å². The third-order valence-electron chi connectivity index (χ3n) is 7.69. The van der Waals surface area contributed by atoms with Gasteiger partial charge in [0.25, 0.3) is 5.91 Å². The fourth-order valence-electron chi connectivity index (χ4n) is 5.97. The van der Waals surface area contributed by atoms with E-state index in [1.165, 1.54) is 6.42 Å². The molecule has 1 aromatic carbocycles. The molecule has 2 aromatic rings. The van der Waals surface area contributed by atoms with Gasteiger partial charge in [-0.05, 0) is 62.3 Å². The van der Waals surface area contributed by atoms with Gasteiger partial charge in [0.1, 0.15) is 6.04 Å². The Morgan fingerprint density at radius 2 is 1.70 bits per heavy atom. The first-order valence-corrected chi connectivity index (χ1v) is 12.5. The van der Waals surface area contributed by atoms with Gasteiger partial charge in [0, 0.05) is 43.5 Å². The van der Waals surface area contributed by atoms with Crippen LogP contribution >= 0.6 is 0 Å². The van der Waals surface area contributed by atoms with E-state index in [1.807, 2.05) is 53.6 Å². The van der Waals surface area contributed by atoms with E-state index >= 15 is 0 Å². The highest BCUT2D eigenvalue weighted by Crippen LogP contribution is 2.40. The van der Waals surface area contributed by atoms with Crippen LogP contribution in [0.25, 0.3) is 0 Å². The van der Waals surface area contributed by atoms with E-state index in [0.29, 0.717) is 11.5 Å². The first kappa shape index (κ1) is 22.1. The van der Waals surface area contributed by atoms with Crippen molar-refractivity contribution in [1.29, 1.82) is 0 Å². The van der Waals surface area contributed by atoms with Gasteiger partial charge in [-0.25, -0.2) is 0 Å². The van der Waals surface area contributed by atoms with Gasteiger partial charge >= 0.3 is 0 Å². The number of amides is 2. The Hall–Kier alpha value is -2.73. The number of hydrogen-bond acceptors (Lipinski definition) is 4. The predicted octanol–water partition coefficient (Wildman–Crippen LogP) is 3.64. The quantitative estimate of drug-likeness (QED) is 0.762. The number of rotatable bonds is 5. The molecule has 3 fully saturated rings. The lowest BCUT2D eigenvalue weighted by Crippen LogP contribution is -2.53. The summed E-state index contributed by atoms with van der Waals surface area (Å²) in [6.45, 7) is 2.75. The van der Waals surface area contributed by atoms with Gasteiger partial charge in [0.05, 0.1) is 5.69 Å². The number of aromatic nitrogens is 1. The van der Waals surface area contributed by atoms with Crippen LogP contribution in [0.5, 0.6) is 0 Å². The highest BCUT2D eigenvalue weighted by atomic mass is 16.2. The molecule has 6 heteroatoms. The molecule has 3 atom stereocenters. The second-order valence-electron chi connectivity index (χ2n) is 9.82. The first-order chi connectivity index (χ1) is 16.2. The number of pyridine rings is 1. The molecular weight excluding hydrogens is 412 g/mol. The molecule has 3 heterocycles. The lowest BCUT2D eigenvalue weighted by molar-refractivity contribution is -0.126. The first-order valence-electron chi connectivity index (χ1n) is 12.5. The molecule has 0 radical (unpaired) electrons. The maximum absolute atomic E-state index is 13.5. The molecule has 33 heavy (non-hydrogen) atoms. The molecule has 5 rings (SSSR count). The zero-order valence-corrected chi connectivity index (χ0v) is 19.2. The van der Waals surface area contributed by atoms with E-state index < -0.39 is 0 Å². The average molecular weight is 447 g/mol. The second kappa shape index (κ2) is 10.0. The molecule has 2 saturated heterocycles. The Labute approximate surface area is 196 Å². The summed E-state index contributed by atoms with van der Waals surface area (Å²) in [6, 6.07) is 15.5. The summed E-state index contributed by atoms with van der Waals surface area (Å²) in [4.78, 5) is 35.7. The maximum atomic E-state index is 13.5. The summed E-state index contributed by atoms with van der Waals surface area (Å²) in [7, 11) is 0.